The summed E-state index contributed by atoms with van der Waals surface area (Å²) in [6, 6.07) is 7.34. The van der Waals surface area contributed by atoms with Crippen LogP contribution in [0.4, 0.5) is 5.69 Å². The average molecular weight is 370 g/mol. The minimum atomic E-state index is -0.334. The number of methoxy groups -OCH3 is 1. The molecule has 0 aliphatic carbocycles. The molecule has 0 unspecified atom stereocenters. The highest BCUT2D eigenvalue weighted by molar-refractivity contribution is 6.06. The summed E-state index contributed by atoms with van der Waals surface area (Å²) in [5.41, 5.74) is 1.47. The van der Waals surface area contributed by atoms with Gasteiger partial charge >= 0.3 is 0 Å². The molecule has 2 rings (SSSR count). The molecule has 7 nitrogen and oxygen atoms in total. The first kappa shape index (κ1) is 20.2. The topological polar surface area (TPSA) is 85.2 Å². The summed E-state index contributed by atoms with van der Waals surface area (Å²) in [7, 11) is 1.60. The van der Waals surface area contributed by atoms with Crippen molar-refractivity contribution in [1.29, 1.82) is 0 Å². The third kappa shape index (κ3) is 5.99. The van der Waals surface area contributed by atoms with Crippen LogP contribution >= 0.6 is 0 Å². The van der Waals surface area contributed by atoms with E-state index in [1.165, 1.54) is 6.08 Å². The highest BCUT2D eigenvalue weighted by atomic mass is 16.5. The summed E-state index contributed by atoms with van der Waals surface area (Å²) < 4.78 is 6.72. The second-order valence-electron chi connectivity index (χ2n) is 6.45. The fraction of sp³-hybridized carbons (Fsp3) is 0.350. The van der Waals surface area contributed by atoms with Crippen LogP contribution in [0.1, 0.15) is 36.8 Å². The number of aromatic nitrogens is 2. The van der Waals surface area contributed by atoms with E-state index >= 15 is 0 Å². The molecule has 0 bridgehead atoms. The number of amides is 2. The van der Waals surface area contributed by atoms with Crippen molar-refractivity contribution >= 4 is 23.6 Å². The standard InChI is InChI=1S/C20H26N4O3/c1-5-24-13-17(19(23-24)20(26)21-12-14(2)3)22-18(25)11-8-15-6-9-16(27-4)10-7-15/h6-11,13-14H,5,12H2,1-4H3,(H,21,26)(H,22,25)/b11-8+. The van der Waals surface area contributed by atoms with Crippen LogP contribution in [0.3, 0.4) is 0 Å². The summed E-state index contributed by atoms with van der Waals surface area (Å²) in [4.78, 5) is 24.6. The normalized spacial score (nSPS) is 11.0. The Balaban J connectivity index is 2.08. The van der Waals surface area contributed by atoms with E-state index in [4.69, 9.17) is 4.74 Å². The zero-order chi connectivity index (χ0) is 19.8. The summed E-state index contributed by atoms with van der Waals surface area (Å²) in [6.45, 7) is 7.08. The zero-order valence-electron chi connectivity index (χ0n) is 16.2. The Morgan fingerprint density at radius 1 is 1.26 bits per heavy atom. The fourth-order valence-electron chi connectivity index (χ4n) is 2.28. The second kappa shape index (κ2) is 9.56. The maximum Gasteiger partial charge on any atom is 0.273 e. The van der Waals surface area contributed by atoms with Gasteiger partial charge in [-0.1, -0.05) is 26.0 Å². The Morgan fingerprint density at radius 3 is 2.56 bits per heavy atom. The van der Waals surface area contributed by atoms with Gasteiger partial charge in [-0.2, -0.15) is 5.10 Å². The molecule has 0 atom stereocenters. The molecule has 0 aliphatic rings. The number of anilines is 1. The van der Waals surface area contributed by atoms with Crippen molar-refractivity contribution in [2.24, 2.45) is 5.92 Å². The maximum absolute atomic E-state index is 12.4. The predicted molar refractivity (Wildman–Crippen MR) is 106 cm³/mol. The van der Waals surface area contributed by atoms with Gasteiger partial charge in [-0.05, 0) is 36.6 Å². The number of rotatable bonds is 8. The molecule has 0 saturated heterocycles. The van der Waals surface area contributed by atoms with E-state index < -0.39 is 0 Å². The minimum absolute atomic E-state index is 0.212. The van der Waals surface area contributed by atoms with Crippen molar-refractivity contribution < 1.29 is 14.3 Å². The van der Waals surface area contributed by atoms with Crippen LogP contribution in [0.5, 0.6) is 5.75 Å². The maximum atomic E-state index is 12.4. The highest BCUT2D eigenvalue weighted by Gasteiger charge is 2.17. The first-order valence-corrected chi connectivity index (χ1v) is 8.91. The first-order valence-electron chi connectivity index (χ1n) is 8.91. The molecule has 144 valence electrons. The molecule has 2 amide bonds. The Kier molecular flexibility index (Phi) is 7.16. The molecule has 1 heterocycles. The van der Waals surface area contributed by atoms with Crippen molar-refractivity contribution in [3.8, 4) is 5.75 Å². The van der Waals surface area contributed by atoms with E-state index in [0.29, 0.717) is 24.7 Å². The SMILES string of the molecule is CCn1cc(NC(=O)/C=C/c2ccc(OC)cc2)c(C(=O)NCC(C)C)n1. The van der Waals surface area contributed by atoms with Gasteiger partial charge < -0.3 is 15.4 Å². The molecule has 0 aliphatic heterocycles. The van der Waals surface area contributed by atoms with Crippen LogP contribution in [-0.4, -0.2) is 35.2 Å². The quantitative estimate of drug-likeness (QED) is 0.700. The molecule has 27 heavy (non-hydrogen) atoms. The lowest BCUT2D eigenvalue weighted by Crippen LogP contribution is -2.28. The van der Waals surface area contributed by atoms with Gasteiger partial charge in [-0.3, -0.25) is 14.3 Å². The van der Waals surface area contributed by atoms with E-state index in [0.717, 1.165) is 11.3 Å². The average Bonchev–Trinajstić information content (AvgIpc) is 3.07. The molecule has 2 N–H and O–H groups in total. The molecule has 0 radical (unpaired) electrons. The smallest absolute Gasteiger partial charge is 0.273 e. The van der Waals surface area contributed by atoms with Crippen molar-refractivity contribution in [3.05, 3.63) is 47.8 Å². The summed E-state index contributed by atoms with van der Waals surface area (Å²) in [6.07, 6.45) is 4.77. The fourth-order valence-corrected chi connectivity index (χ4v) is 2.28. The number of carbonyl (C=O) groups is 2. The van der Waals surface area contributed by atoms with Crippen LogP contribution in [0.15, 0.2) is 36.5 Å². The molecule has 0 spiro atoms. The Bertz CT molecular complexity index is 807. The van der Waals surface area contributed by atoms with Crippen LogP contribution in [0.2, 0.25) is 0 Å². The molecule has 2 aromatic rings. The van der Waals surface area contributed by atoms with E-state index in [2.05, 4.69) is 15.7 Å². The largest absolute Gasteiger partial charge is 0.497 e. The predicted octanol–water partition coefficient (Wildman–Crippen LogP) is 2.95. The molecular formula is C20H26N4O3. The van der Waals surface area contributed by atoms with Crippen molar-refractivity contribution in [2.45, 2.75) is 27.3 Å². The second-order valence-corrected chi connectivity index (χ2v) is 6.45. The van der Waals surface area contributed by atoms with Crippen LogP contribution in [0, 0.1) is 5.92 Å². The first-order chi connectivity index (χ1) is 12.9. The molecule has 7 heteroatoms. The molecule has 1 aromatic heterocycles. The number of hydrogen-bond donors (Lipinski definition) is 2. The van der Waals surface area contributed by atoms with Gasteiger partial charge in [-0.15, -0.1) is 0 Å². The molecule has 0 fully saturated rings. The van der Waals surface area contributed by atoms with E-state index in [9.17, 15) is 9.59 Å². The van der Waals surface area contributed by atoms with E-state index in [1.807, 2.05) is 45.0 Å². The van der Waals surface area contributed by atoms with Gasteiger partial charge in [0, 0.05) is 25.4 Å². The summed E-state index contributed by atoms with van der Waals surface area (Å²) in [5.74, 6) is 0.443. The Hall–Kier alpha value is -3.09. The van der Waals surface area contributed by atoms with Crippen molar-refractivity contribution in [3.63, 3.8) is 0 Å². The zero-order valence-corrected chi connectivity index (χ0v) is 16.2. The number of ether oxygens (including phenoxy) is 1. The lowest BCUT2D eigenvalue weighted by Gasteiger charge is -2.07. The number of benzene rings is 1. The molecular weight excluding hydrogens is 344 g/mol. The van der Waals surface area contributed by atoms with Crippen molar-refractivity contribution in [2.75, 3.05) is 19.0 Å². The molecule has 1 aromatic carbocycles. The highest BCUT2D eigenvalue weighted by Crippen LogP contribution is 2.15. The summed E-state index contributed by atoms with van der Waals surface area (Å²) in [5, 5.41) is 9.80. The minimum Gasteiger partial charge on any atom is -0.497 e. The third-order valence-corrected chi connectivity index (χ3v) is 3.77. The molecule has 0 saturated carbocycles. The van der Waals surface area contributed by atoms with Crippen molar-refractivity contribution in [1.82, 2.24) is 15.1 Å². The lowest BCUT2D eigenvalue weighted by atomic mass is 10.2. The number of nitrogens with zero attached hydrogens (tertiary/aromatic N) is 2. The van der Waals surface area contributed by atoms with Crippen LogP contribution in [0.25, 0.3) is 6.08 Å². The van der Waals surface area contributed by atoms with Gasteiger partial charge in [0.05, 0.1) is 12.8 Å². The van der Waals surface area contributed by atoms with E-state index in [1.54, 1.807) is 24.1 Å². The summed E-state index contributed by atoms with van der Waals surface area (Å²) >= 11 is 0. The number of hydrogen-bond acceptors (Lipinski definition) is 4. The lowest BCUT2D eigenvalue weighted by molar-refractivity contribution is -0.111. The third-order valence-electron chi connectivity index (χ3n) is 3.77. The Labute approximate surface area is 159 Å². The van der Waals surface area contributed by atoms with Gasteiger partial charge in [0.2, 0.25) is 5.91 Å². The van der Waals surface area contributed by atoms with Gasteiger partial charge in [0.15, 0.2) is 5.69 Å². The number of nitrogens with one attached hydrogen (secondary N) is 2. The van der Waals surface area contributed by atoms with Crippen LogP contribution in [-0.2, 0) is 11.3 Å². The van der Waals surface area contributed by atoms with Crippen LogP contribution < -0.4 is 15.4 Å². The Morgan fingerprint density at radius 2 is 1.96 bits per heavy atom. The van der Waals surface area contributed by atoms with Gasteiger partial charge in [-0.25, -0.2) is 0 Å². The monoisotopic (exact) mass is 370 g/mol. The van der Waals surface area contributed by atoms with Gasteiger partial charge in [0.1, 0.15) is 5.75 Å². The number of carbonyl (C=O) groups excluding carboxylic acids is 2. The number of aryl methyl sites for hydroxylation is 1. The van der Waals surface area contributed by atoms with Gasteiger partial charge in [0.25, 0.3) is 5.91 Å². The van der Waals surface area contributed by atoms with E-state index in [-0.39, 0.29) is 17.5 Å².